The molecule has 32 heavy (non-hydrogen) atoms. The van der Waals surface area contributed by atoms with Crippen molar-refractivity contribution >= 4 is 23.5 Å². The molecule has 2 aromatic heterocycles. The number of amides is 2. The fourth-order valence-corrected chi connectivity index (χ4v) is 3.95. The molecule has 3 N–H and O–H groups in total. The van der Waals surface area contributed by atoms with Crippen LogP contribution in [-0.4, -0.2) is 65.8 Å². The maximum absolute atomic E-state index is 13.2. The number of aromatic hydroxyl groups is 1. The van der Waals surface area contributed by atoms with Gasteiger partial charge in [-0.15, -0.1) is 0 Å². The average molecular weight is 444 g/mol. The van der Waals surface area contributed by atoms with Crippen LogP contribution >= 0.6 is 0 Å². The quantitative estimate of drug-likeness (QED) is 0.565. The summed E-state index contributed by atoms with van der Waals surface area (Å²) < 4.78 is 2.58. The van der Waals surface area contributed by atoms with E-state index in [2.05, 4.69) is 10.4 Å². The minimum absolute atomic E-state index is 0.0315. The van der Waals surface area contributed by atoms with Gasteiger partial charge in [0.25, 0.3) is 11.5 Å². The summed E-state index contributed by atoms with van der Waals surface area (Å²) in [5.41, 5.74) is -1.05. The van der Waals surface area contributed by atoms with Crippen molar-refractivity contribution in [1.29, 1.82) is 0 Å². The van der Waals surface area contributed by atoms with Crippen molar-refractivity contribution in [1.82, 2.24) is 24.4 Å². The van der Waals surface area contributed by atoms with E-state index < -0.39 is 22.9 Å². The first kappa shape index (κ1) is 22.1. The van der Waals surface area contributed by atoms with Crippen LogP contribution in [0.25, 0.3) is 11.7 Å². The molecule has 0 bridgehead atoms. The van der Waals surface area contributed by atoms with Crippen LogP contribution in [0.5, 0.6) is 5.88 Å². The number of β-amino-alcohol motifs (C(OH)–C–C–N with tert-alkyl or cyclic N) is 1. The van der Waals surface area contributed by atoms with Gasteiger partial charge in [0.05, 0.1) is 11.8 Å². The molecule has 2 aromatic rings. The van der Waals surface area contributed by atoms with Crippen molar-refractivity contribution in [3.63, 3.8) is 0 Å². The number of fused-ring (bicyclic) bond motifs is 1. The predicted octanol–water partition coefficient (Wildman–Crippen LogP) is 0.746. The highest BCUT2D eigenvalue weighted by molar-refractivity contribution is 5.97. The number of hydrogen-bond donors (Lipinski definition) is 3. The van der Waals surface area contributed by atoms with Crippen molar-refractivity contribution in [3.8, 4) is 5.88 Å². The fourth-order valence-electron chi connectivity index (χ4n) is 3.95. The molecular weight excluding hydrogens is 414 g/mol. The number of nitrogens with one attached hydrogen (secondary N) is 1. The van der Waals surface area contributed by atoms with Crippen molar-refractivity contribution in [2.45, 2.75) is 58.2 Å². The van der Waals surface area contributed by atoms with Crippen molar-refractivity contribution in [2.24, 2.45) is 5.92 Å². The van der Waals surface area contributed by atoms with E-state index in [9.17, 15) is 24.6 Å². The predicted molar refractivity (Wildman–Crippen MR) is 117 cm³/mol. The topological polar surface area (TPSA) is 129 Å². The van der Waals surface area contributed by atoms with Crippen molar-refractivity contribution in [2.75, 3.05) is 13.1 Å². The highest BCUT2D eigenvalue weighted by atomic mass is 16.3. The van der Waals surface area contributed by atoms with Gasteiger partial charge in [0, 0.05) is 37.3 Å². The van der Waals surface area contributed by atoms with Gasteiger partial charge in [0.15, 0.2) is 5.56 Å². The third kappa shape index (κ3) is 4.27. The maximum atomic E-state index is 13.2. The van der Waals surface area contributed by atoms with Gasteiger partial charge in [-0.1, -0.05) is 13.8 Å². The molecule has 1 unspecified atom stereocenters. The average Bonchev–Trinajstić information content (AvgIpc) is 3.29. The largest absolute Gasteiger partial charge is 0.492 e. The first-order valence-corrected chi connectivity index (χ1v) is 10.9. The van der Waals surface area contributed by atoms with Crippen molar-refractivity contribution < 1.29 is 19.8 Å². The Kier molecular flexibility index (Phi) is 5.58. The number of nitrogens with zero attached hydrogens (tertiary/aromatic N) is 4. The maximum Gasteiger partial charge on any atom is 0.270 e. The smallest absolute Gasteiger partial charge is 0.270 e. The first-order valence-electron chi connectivity index (χ1n) is 10.9. The SMILES string of the molecule is CC(C)Cn1c(=O)c(C(=O)NC2CC2)c(O)n2ncc(C=CC(=O)N3CCC(C)(O)C3)c12. The molecule has 4 rings (SSSR count). The Labute approximate surface area is 185 Å². The highest BCUT2D eigenvalue weighted by Crippen LogP contribution is 2.24. The Morgan fingerprint density at radius 3 is 2.69 bits per heavy atom. The number of aliphatic hydroxyl groups is 1. The highest BCUT2D eigenvalue weighted by Gasteiger charge is 2.33. The Hall–Kier alpha value is -3.14. The standard InChI is InChI=1S/C22H29N5O5/c1-13(2)11-26-19-14(4-7-16(28)25-9-8-22(3,32)12-25)10-23-27(19)21(31)17(20(26)30)18(29)24-15-5-6-15/h4,7,10,13,15,31-32H,5-6,8-9,11-12H2,1-3H3,(H,24,29). The summed E-state index contributed by atoms with van der Waals surface area (Å²) in [6, 6.07) is 0.0315. The number of likely N-dealkylation sites (tertiary alicyclic amines) is 1. The van der Waals surface area contributed by atoms with E-state index in [0.717, 1.165) is 17.4 Å². The third-order valence-electron chi connectivity index (χ3n) is 5.77. The van der Waals surface area contributed by atoms with Crippen LogP contribution in [0.4, 0.5) is 0 Å². The molecule has 2 fully saturated rings. The summed E-state index contributed by atoms with van der Waals surface area (Å²) in [7, 11) is 0. The second-order valence-corrected chi connectivity index (χ2v) is 9.43. The van der Waals surface area contributed by atoms with Crippen LogP contribution in [0.1, 0.15) is 56.0 Å². The number of aromatic nitrogens is 3. The molecule has 10 nitrogen and oxygen atoms in total. The molecule has 172 valence electrons. The molecular formula is C22H29N5O5. The molecule has 1 aliphatic carbocycles. The summed E-state index contributed by atoms with van der Waals surface area (Å²) in [6.07, 6.45) is 6.57. The molecule has 1 saturated heterocycles. The zero-order valence-electron chi connectivity index (χ0n) is 18.5. The number of rotatable bonds is 6. The minimum atomic E-state index is -0.894. The lowest BCUT2D eigenvalue weighted by atomic mass is 10.1. The van der Waals surface area contributed by atoms with Gasteiger partial charge in [-0.05, 0) is 38.2 Å². The lowest BCUT2D eigenvalue weighted by molar-refractivity contribution is -0.125. The number of carbonyl (C=O) groups is 2. The van der Waals surface area contributed by atoms with Crippen molar-refractivity contribution in [3.05, 3.63) is 33.8 Å². The summed E-state index contributed by atoms with van der Waals surface area (Å²) in [5.74, 6) is -1.31. The zero-order valence-corrected chi connectivity index (χ0v) is 18.5. The Morgan fingerprint density at radius 1 is 1.38 bits per heavy atom. The van der Waals surface area contributed by atoms with E-state index in [1.54, 1.807) is 11.8 Å². The molecule has 0 radical (unpaired) electrons. The van der Waals surface area contributed by atoms with Gasteiger partial charge in [0.1, 0.15) is 5.65 Å². The van der Waals surface area contributed by atoms with E-state index in [1.807, 2.05) is 13.8 Å². The minimum Gasteiger partial charge on any atom is -0.492 e. The third-order valence-corrected chi connectivity index (χ3v) is 5.77. The lowest BCUT2D eigenvalue weighted by Gasteiger charge is -2.17. The lowest BCUT2D eigenvalue weighted by Crippen LogP contribution is -2.36. The second kappa shape index (κ2) is 8.09. The first-order chi connectivity index (χ1) is 15.1. The summed E-state index contributed by atoms with van der Waals surface area (Å²) in [4.78, 5) is 40.0. The van der Waals surface area contributed by atoms with Crippen LogP contribution in [0.15, 0.2) is 17.1 Å². The summed E-state index contributed by atoms with van der Waals surface area (Å²) in [5, 5.41) is 27.7. The van der Waals surface area contributed by atoms with E-state index in [1.165, 1.54) is 22.9 Å². The van der Waals surface area contributed by atoms with E-state index in [-0.39, 0.29) is 30.0 Å². The van der Waals surface area contributed by atoms with E-state index in [4.69, 9.17) is 0 Å². The fraction of sp³-hybridized carbons (Fsp3) is 0.545. The monoisotopic (exact) mass is 443 g/mol. The van der Waals surface area contributed by atoms with Crippen LogP contribution in [-0.2, 0) is 11.3 Å². The van der Waals surface area contributed by atoms with Crippen LogP contribution in [0.3, 0.4) is 0 Å². The van der Waals surface area contributed by atoms with E-state index >= 15 is 0 Å². The van der Waals surface area contributed by atoms with Gasteiger partial charge in [-0.25, -0.2) is 0 Å². The zero-order chi connectivity index (χ0) is 23.2. The van der Waals surface area contributed by atoms with Crippen LogP contribution in [0, 0.1) is 5.92 Å². The van der Waals surface area contributed by atoms with Gasteiger partial charge >= 0.3 is 0 Å². The molecule has 0 aromatic carbocycles. The molecule has 10 heteroatoms. The van der Waals surface area contributed by atoms with Crippen LogP contribution < -0.4 is 10.9 Å². The molecule has 1 atom stereocenters. The Balaban J connectivity index is 1.74. The van der Waals surface area contributed by atoms with Crippen LogP contribution in [0.2, 0.25) is 0 Å². The molecule has 2 aliphatic rings. The number of hydrogen-bond acceptors (Lipinski definition) is 6. The molecule has 2 amide bonds. The normalized spacial score (nSPS) is 21.2. The summed E-state index contributed by atoms with van der Waals surface area (Å²) >= 11 is 0. The summed E-state index contributed by atoms with van der Waals surface area (Å²) in [6.45, 7) is 6.59. The Morgan fingerprint density at radius 2 is 2.09 bits per heavy atom. The second-order valence-electron chi connectivity index (χ2n) is 9.43. The molecule has 1 aliphatic heterocycles. The van der Waals surface area contributed by atoms with Gasteiger partial charge < -0.3 is 20.4 Å². The molecule has 1 saturated carbocycles. The van der Waals surface area contributed by atoms with Gasteiger partial charge in [-0.2, -0.15) is 9.61 Å². The van der Waals surface area contributed by atoms with Gasteiger partial charge in [-0.3, -0.25) is 19.0 Å². The number of carbonyl (C=O) groups excluding carboxylic acids is 2. The van der Waals surface area contributed by atoms with E-state index in [0.29, 0.717) is 30.7 Å². The van der Waals surface area contributed by atoms with Gasteiger partial charge in [0.2, 0.25) is 11.8 Å². The molecule has 0 spiro atoms. The Bertz CT molecular complexity index is 1160. The molecule has 3 heterocycles.